The number of carbonyl (C=O) groups is 1. The summed E-state index contributed by atoms with van der Waals surface area (Å²) in [5.74, 6) is 1.48. The Kier molecular flexibility index (Phi) is 5.55. The Hall–Kier alpha value is -3.56. The molecule has 1 aliphatic heterocycles. The molecular formula is C20H24N8O2. The zero-order valence-electron chi connectivity index (χ0n) is 17.0. The molecule has 0 radical (unpaired) electrons. The number of anilines is 1. The lowest BCUT2D eigenvalue weighted by Crippen LogP contribution is -2.40. The molecule has 10 nitrogen and oxygen atoms in total. The first kappa shape index (κ1) is 19.7. The predicted molar refractivity (Wildman–Crippen MR) is 111 cm³/mol. The van der Waals surface area contributed by atoms with Crippen LogP contribution < -0.4 is 10.5 Å². The zero-order chi connectivity index (χ0) is 21.1. The molecule has 4 heterocycles. The summed E-state index contributed by atoms with van der Waals surface area (Å²) in [4.78, 5) is 28.6. The maximum atomic E-state index is 12.7. The van der Waals surface area contributed by atoms with E-state index >= 15 is 0 Å². The van der Waals surface area contributed by atoms with E-state index in [9.17, 15) is 9.59 Å². The van der Waals surface area contributed by atoms with Crippen molar-refractivity contribution in [2.75, 3.05) is 32.1 Å². The standard InChI is InChI=1S/C20H24N8O2/c1-25(2)17-5-4-16(22-23-17)20(30)26-12-8-15(9-13-26)14-28-19(29)7-6-18(24-28)27-11-3-10-21-27/h3-7,10-11,15H,8-9,12-14H2,1-2H3. The summed E-state index contributed by atoms with van der Waals surface area (Å²) in [5, 5.41) is 16.7. The Balaban J connectivity index is 1.37. The lowest BCUT2D eigenvalue weighted by Gasteiger charge is -2.31. The van der Waals surface area contributed by atoms with E-state index in [0.717, 1.165) is 12.8 Å². The van der Waals surface area contributed by atoms with Crippen LogP contribution in [0, 0.1) is 5.92 Å². The van der Waals surface area contributed by atoms with Crippen molar-refractivity contribution in [1.82, 2.24) is 34.7 Å². The summed E-state index contributed by atoms with van der Waals surface area (Å²) < 4.78 is 3.12. The summed E-state index contributed by atoms with van der Waals surface area (Å²) in [6.07, 6.45) is 5.06. The van der Waals surface area contributed by atoms with Gasteiger partial charge in [0.05, 0.1) is 0 Å². The Bertz CT molecular complexity index is 1050. The molecule has 30 heavy (non-hydrogen) atoms. The number of piperidine rings is 1. The molecule has 1 aliphatic rings. The largest absolute Gasteiger partial charge is 0.361 e. The summed E-state index contributed by atoms with van der Waals surface area (Å²) in [7, 11) is 3.75. The summed E-state index contributed by atoms with van der Waals surface area (Å²) in [6.45, 7) is 1.76. The van der Waals surface area contributed by atoms with E-state index in [4.69, 9.17) is 0 Å². The molecule has 10 heteroatoms. The highest BCUT2D eigenvalue weighted by molar-refractivity contribution is 5.92. The maximum absolute atomic E-state index is 12.7. The van der Waals surface area contributed by atoms with Crippen LogP contribution in [0.25, 0.3) is 5.82 Å². The second kappa shape index (κ2) is 8.44. The van der Waals surface area contributed by atoms with E-state index in [0.29, 0.717) is 37.0 Å². The molecule has 156 valence electrons. The first-order chi connectivity index (χ1) is 14.5. The fourth-order valence-corrected chi connectivity index (χ4v) is 3.50. The van der Waals surface area contributed by atoms with Gasteiger partial charge in [0.25, 0.3) is 11.5 Å². The molecule has 0 atom stereocenters. The Morgan fingerprint density at radius 2 is 1.93 bits per heavy atom. The van der Waals surface area contributed by atoms with Crippen molar-refractivity contribution < 1.29 is 4.79 Å². The monoisotopic (exact) mass is 408 g/mol. The smallest absolute Gasteiger partial charge is 0.274 e. The van der Waals surface area contributed by atoms with Gasteiger partial charge in [-0.2, -0.15) is 5.10 Å². The quantitative estimate of drug-likeness (QED) is 0.616. The molecule has 3 aromatic heterocycles. The Morgan fingerprint density at radius 1 is 1.13 bits per heavy atom. The van der Waals surface area contributed by atoms with Crippen LogP contribution in [0.4, 0.5) is 5.82 Å². The van der Waals surface area contributed by atoms with Gasteiger partial charge in [-0.25, -0.2) is 9.36 Å². The Labute approximate surface area is 173 Å². The first-order valence-electron chi connectivity index (χ1n) is 9.90. The minimum absolute atomic E-state index is 0.109. The van der Waals surface area contributed by atoms with Gasteiger partial charge in [-0.3, -0.25) is 9.59 Å². The number of carbonyl (C=O) groups excluding carboxylic acids is 1. The second-order valence-electron chi connectivity index (χ2n) is 7.57. The van der Waals surface area contributed by atoms with E-state index in [1.165, 1.54) is 10.7 Å². The minimum atomic E-state index is -0.138. The van der Waals surface area contributed by atoms with Crippen molar-refractivity contribution >= 4 is 11.7 Å². The molecule has 1 fully saturated rings. The molecule has 1 saturated heterocycles. The van der Waals surface area contributed by atoms with Crippen LogP contribution in [-0.4, -0.2) is 67.8 Å². The predicted octanol–water partition coefficient (Wildman–Crippen LogP) is 0.837. The van der Waals surface area contributed by atoms with Gasteiger partial charge in [-0.15, -0.1) is 15.3 Å². The first-order valence-corrected chi connectivity index (χ1v) is 9.90. The molecule has 1 amide bonds. The van der Waals surface area contributed by atoms with Crippen molar-refractivity contribution in [3.63, 3.8) is 0 Å². The van der Waals surface area contributed by atoms with Crippen LogP contribution in [0.3, 0.4) is 0 Å². The topological polar surface area (TPSA) is 102 Å². The van der Waals surface area contributed by atoms with Gasteiger partial charge in [-0.1, -0.05) is 0 Å². The van der Waals surface area contributed by atoms with Gasteiger partial charge < -0.3 is 9.80 Å². The third-order valence-electron chi connectivity index (χ3n) is 5.25. The van der Waals surface area contributed by atoms with Gasteiger partial charge in [0.2, 0.25) is 0 Å². The van der Waals surface area contributed by atoms with E-state index < -0.39 is 0 Å². The summed E-state index contributed by atoms with van der Waals surface area (Å²) in [6, 6.07) is 8.48. The molecular weight excluding hydrogens is 384 g/mol. The minimum Gasteiger partial charge on any atom is -0.361 e. The highest BCUT2D eigenvalue weighted by Gasteiger charge is 2.25. The summed E-state index contributed by atoms with van der Waals surface area (Å²) >= 11 is 0. The molecule has 0 aromatic carbocycles. The molecule has 0 spiro atoms. The van der Waals surface area contributed by atoms with Crippen LogP contribution >= 0.6 is 0 Å². The molecule has 0 unspecified atom stereocenters. The molecule has 0 aliphatic carbocycles. The van der Waals surface area contributed by atoms with Gasteiger partial charge in [0.15, 0.2) is 17.3 Å². The normalized spacial score (nSPS) is 14.7. The third-order valence-corrected chi connectivity index (χ3v) is 5.25. The molecule has 4 rings (SSSR count). The van der Waals surface area contributed by atoms with E-state index in [1.54, 1.807) is 40.2 Å². The van der Waals surface area contributed by atoms with Crippen LogP contribution in [0.2, 0.25) is 0 Å². The van der Waals surface area contributed by atoms with Gasteiger partial charge in [-0.05, 0) is 43.0 Å². The fraction of sp³-hybridized carbons (Fsp3) is 0.400. The third kappa shape index (κ3) is 4.22. The van der Waals surface area contributed by atoms with Gasteiger partial charge in [0, 0.05) is 52.2 Å². The van der Waals surface area contributed by atoms with Crippen LogP contribution in [0.15, 0.2) is 47.5 Å². The molecule has 0 bridgehead atoms. The van der Waals surface area contributed by atoms with Crippen LogP contribution in [0.1, 0.15) is 23.3 Å². The highest BCUT2D eigenvalue weighted by Crippen LogP contribution is 2.20. The number of amides is 1. The Morgan fingerprint density at radius 3 is 2.57 bits per heavy atom. The number of nitrogens with zero attached hydrogens (tertiary/aromatic N) is 8. The fourth-order valence-electron chi connectivity index (χ4n) is 3.50. The van der Waals surface area contributed by atoms with Crippen molar-refractivity contribution in [1.29, 1.82) is 0 Å². The van der Waals surface area contributed by atoms with Gasteiger partial charge >= 0.3 is 0 Å². The van der Waals surface area contributed by atoms with E-state index in [2.05, 4.69) is 20.4 Å². The van der Waals surface area contributed by atoms with Crippen LogP contribution in [-0.2, 0) is 6.54 Å². The van der Waals surface area contributed by atoms with Crippen molar-refractivity contribution in [3.8, 4) is 5.82 Å². The SMILES string of the molecule is CN(C)c1ccc(C(=O)N2CCC(Cn3nc(-n4cccn4)ccc3=O)CC2)nn1. The number of rotatable bonds is 5. The lowest BCUT2D eigenvalue weighted by atomic mass is 9.96. The van der Waals surface area contributed by atoms with Crippen molar-refractivity contribution in [2.24, 2.45) is 5.92 Å². The second-order valence-corrected chi connectivity index (χ2v) is 7.57. The van der Waals surface area contributed by atoms with E-state index in [1.807, 2.05) is 25.1 Å². The zero-order valence-corrected chi connectivity index (χ0v) is 17.0. The van der Waals surface area contributed by atoms with Gasteiger partial charge in [0.1, 0.15) is 0 Å². The summed E-state index contributed by atoms with van der Waals surface area (Å²) in [5.41, 5.74) is 0.213. The number of hydrogen-bond donors (Lipinski definition) is 0. The number of likely N-dealkylation sites (tertiary alicyclic amines) is 1. The average molecular weight is 408 g/mol. The van der Waals surface area contributed by atoms with Crippen LogP contribution in [0.5, 0.6) is 0 Å². The lowest BCUT2D eigenvalue weighted by molar-refractivity contribution is 0.0673. The molecule has 0 N–H and O–H groups in total. The number of aromatic nitrogens is 6. The number of hydrogen-bond acceptors (Lipinski definition) is 7. The van der Waals surface area contributed by atoms with E-state index in [-0.39, 0.29) is 17.4 Å². The van der Waals surface area contributed by atoms with Crippen molar-refractivity contribution in [3.05, 3.63) is 58.8 Å². The van der Waals surface area contributed by atoms with Crippen molar-refractivity contribution in [2.45, 2.75) is 19.4 Å². The maximum Gasteiger partial charge on any atom is 0.274 e. The molecule has 3 aromatic rings. The molecule has 0 saturated carbocycles. The highest BCUT2D eigenvalue weighted by atomic mass is 16.2. The average Bonchev–Trinajstić information content (AvgIpc) is 3.30.